The van der Waals surface area contributed by atoms with Gasteiger partial charge in [0.15, 0.2) is 0 Å². The van der Waals surface area contributed by atoms with E-state index in [4.69, 9.17) is 4.98 Å². The Morgan fingerprint density at radius 2 is 1.65 bits per heavy atom. The van der Waals surface area contributed by atoms with E-state index < -0.39 is 0 Å². The maximum atomic E-state index is 13.7. The number of nitrogens with zero attached hydrogens (tertiary/aromatic N) is 6. The molecule has 2 aromatic rings. The average molecular weight is 428 g/mol. The lowest BCUT2D eigenvalue weighted by Gasteiger charge is -2.36. The van der Waals surface area contributed by atoms with E-state index in [1.165, 1.54) is 6.07 Å². The molecule has 0 aliphatic carbocycles. The van der Waals surface area contributed by atoms with Crippen molar-refractivity contribution in [1.82, 2.24) is 19.8 Å². The molecule has 166 valence electrons. The molecule has 2 aliphatic heterocycles. The molecule has 2 aliphatic rings. The lowest BCUT2D eigenvalue weighted by Crippen LogP contribution is -2.50. The van der Waals surface area contributed by atoms with Crippen LogP contribution in [0.3, 0.4) is 0 Å². The molecule has 1 aromatic carbocycles. The number of halogens is 1. The lowest BCUT2D eigenvalue weighted by atomic mass is 10.2. The van der Waals surface area contributed by atoms with Crippen LogP contribution < -0.4 is 15.1 Å². The molecule has 0 atom stereocenters. The van der Waals surface area contributed by atoms with Crippen LogP contribution in [0.5, 0.6) is 0 Å². The third-order valence-corrected chi connectivity index (χ3v) is 6.02. The molecule has 9 heteroatoms. The standard InChI is InChI=1S/C22H30FN7O/c1-16-15-20(28-9-7-27(3)8-10-28)26-21(24-16)29-11-13-30(14-12-29)22(31)25-19-6-4-5-18(23)17(19)2/h4-6,15H,7-14H2,1-3H3,(H,25,31). The lowest BCUT2D eigenvalue weighted by molar-refractivity contribution is 0.208. The molecule has 2 amide bonds. The molecule has 0 radical (unpaired) electrons. The molecule has 2 fully saturated rings. The summed E-state index contributed by atoms with van der Waals surface area (Å²) >= 11 is 0. The fraction of sp³-hybridized carbons (Fsp3) is 0.500. The summed E-state index contributed by atoms with van der Waals surface area (Å²) in [6.45, 7) is 10.0. The first kappa shape index (κ1) is 21.3. The van der Waals surface area contributed by atoms with E-state index in [-0.39, 0.29) is 11.8 Å². The molecule has 4 rings (SSSR count). The van der Waals surface area contributed by atoms with Gasteiger partial charge in [0, 0.05) is 75.4 Å². The number of piperazine rings is 2. The highest BCUT2D eigenvalue weighted by Gasteiger charge is 2.24. The van der Waals surface area contributed by atoms with Crippen LogP contribution in [0, 0.1) is 19.7 Å². The van der Waals surface area contributed by atoms with Gasteiger partial charge in [0.1, 0.15) is 11.6 Å². The molecule has 0 saturated carbocycles. The summed E-state index contributed by atoms with van der Waals surface area (Å²) in [4.78, 5) is 30.6. The highest BCUT2D eigenvalue weighted by molar-refractivity contribution is 5.90. The van der Waals surface area contributed by atoms with Gasteiger partial charge < -0.3 is 24.9 Å². The molecule has 1 aromatic heterocycles. The summed E-state index contributed by atoms with van der Waals surface area (Å²) in [6.07, 6.45) is 0. The van der Waals surface area contributed by atoms with Crippen LogP contribution in [0.15, 0.2) is 24.3 Å². The fourth-order valence-corrected chi connectivity index (χ4v) is 3.92. The zero-order valence-corrected chi connectivity index (χ0v) is 18.4. The molecule has 1 N–H and O–H groups in total. The van der Waals surface area contributed by atoms with Crippen LogP contribution in [0.2, 0.25) is 0 Å². The van der Waals surface area contributed by atoms with Crippen LogP contribution in [-0.4, -0.2) is 85.2 Å². The Hall–Kier alpha value is -2.94. The van der Waals surface area contributed by atoms with Crippen molar-refractivity contribution in [3.05, 3.63) is 41.3 Å². The predicted molar refractivity (Wildman–Crippen MR) is 120 cm³/mol. The van der Waals surface area contributed by atoms with Gasteiger partial charge in [-0.1, -0.05) is 6.07 Å². The van der Waals surface area contributed by atoms with Gasteiger partial charge in [-0.3, -0.25) is 0 Å². The Labute approximate surface area is 182 Å². The van der Waals surface area contributed by atoms with E-state index in [1.807, 2.05) is 13.0 Å². The Morgan fingerprint density at radius 3 is 2.35 bits per heavy atom. The molecule has 3 heterocycles. The average Bonchev–Trinajstić information content (AvgIpc) is 2.77. The second-order valence-corrected chi connectivity index (χ2v) is 8.27. The first-order valence-electron chi connectivity index (χ1n) is 10.8. The maximum Gasteiger partial charge on any atom is 0.321 e. The van der Waals surface area contributed by atoms with E-state index in [0.29, 0.717) is 37.4 Å². The van der Waals surface area contributed by atoms with Gasteiger partial charge in [-0.15, -0.1) is 0 Å². The number of carbonyl (C=O) groups excluding carboxylic acids is 1. The van der Waals surface area contributed by atoms with Crippen molar-refractivity contribution in [2.24, 2.45) is 0 Å². The number of urea groups is 1. The summed E-state index contributed by atoms with van der Waals surface area (Å²) in [6, 6.07) is 6.54. The number of rotatable bonds is 3. The number of nitrogens with one attached hydrogen (secondary N) is 1. The number of benzene rings is 1. The molecular formula is C22H30FN7O. The minimum atomic E-state index is -0.324. The van der Waals surface area contributed by atoms with Crippen LogP contribution in [0.25, 0.3) is 0 Å². The second-order valence-electron chi connectivity index (χ2n) is 8.27. The zero-order valence-electron chi connectivity index (χ0n) is 18.4. The van der Waals surface area contributed by atoms with Gasteiger partial charge in [0.25, 0.3) is 0 Å². The van der Waals surface area contributed by atoms with E-state index in [1.54, 1.807) is 24.0 Å². The monoisotopic (exact) mass is 427 g/mol. The van der Waals surface area contributed by atoms with Gasteiger partial charge in [0.2, 0.25) is 5.95 Å². The second kappa shape index (κ2) is 9.05. The predicted octanol–water partition coefficient (Wildman–Crippen LogP) is 2.34. The first-order valence-corrected chi connectivity index (χ1v) is 10.8. The smallest absolute Gasteiger partial charge is 0.321 e. The summed E-state index contributed by atoms with van der Waals surface area (Å²) in [7, 11) is 2.14. The molecule has 0 spiro atoms. The fourth-order valence-electron chi connectivity index (χ4n) is 3.92. The van der Waals surface area contributed by atoms with E-state index in [0.717, 1.165) is 43.6 Å². The minimum Gasteiger partial charge on any atom is -0.354 e. The van der Waals surface area contributed by atoms with Crippen molar-refractivity contribution < 1.29 is 9.18 Å². The first-order chi connectivity index (χ1) is 14.9. The van der Waals surface area contributed by atoms with Crippen molar-refractivity contribution in [2.45, 2.75) is 13.8 Å². The zero-order chi connectivity index (χ0) is 22.0. The maximum absolute atomic E-state index is 13.7. The molecule has 0 unspecified atom stereocenters. The van der Waals surface area contributed by atoms with Crippen LogP contribution in [0.4, 0.5) is 26.6 Å². The van der Waals surface area contributed by atoms with Crippen molar-refractivity contribution in [2.75, 3.05) is 74.5 Å². The Kier molecular flexibility index (Phi) is 6.22. The molecule has 31 heavy (non-hydrogen) atoms. The molecule has 0 bridgehead atoms. The number of aryl methyl sites for hydroxylation is 1. The van der Waals surface area contributed by atoms with E-state index in [2.05, 4.69) is 32.0 Å². The topological polar surface area (TPSA) is 67.8 Å². The number of hydrogen-bond acceptors (Lipinski definition) is 6. The Bertz CT molecular complexity index is 937. The number of aromatic nitrogens is 2. The van der Waals surface area contributed by atoms with Gasteiger partial charge >= 0.3 is 6.03 Å². The highest BCUT2D eigenvalue weighted by atomic mass is 19.1. The number of anilines is 3. The number of amides is 2. The van der Waals surface area contributed by atoms with Crippen molar-refractivity contribution >= 4 is 23.5 Å². The Morgan fingerprint density at radius 1 is 0.968 bits per heavy atom. The molecular weight excluding hydrogens is 397 g/mol. The van der Waals surface area contributed by atoms with E-state index in [9.17, 15) is 9.18 Å². The normalized spacial score (nSPS) is 17.7. The number of likely N-dealkylation sites (N-methyl/N-ethyl adjacent to an activating group) is 1. The minimum absolute atomic E-state index is 0.211. The number of hydrogen-bond donors (Lipinski definition) is 1. The number of carbonyl (C=O) groups is 1. The quantitative estimate of drug-likeness (QED) is 0.811. The van der Waals surface area contributed by atoms with Gasteiger partial charge in [-0.2, -0.15) is 4.98 Å². The van der Waals surface area contributed by atoms with Crippen molar-refractivity contribution in [3.63, 3.8) is 0 Å². The Balaban J connectivity index is 1.38. The largest absolute Gasteiger partial charge is 0.354 e. The highest BCUT2D eigenvalue weighted by Crippen LogP contribution is 2.21. The van der Waals surface area contributed by atoms with Crippen molar-refractivity contribution in [1.29, 1.82) is 0 Å². The summed E-state index contributed by atoms with van der Waals surface area (Å²) in [5.74, 6) is 1.36. The van der Waals surface area contributed by atoms with Gasteiger partial charge in [-0.25, -0.2) is 14.2 Å². The third kappa shape index (κ3) is 4.87. The summed E-state index contributed by atoms with van der Waals surface area (Å²) < 4.78 is 13.7. The SMILES string of the molecule is Cc1cc(N2CCN(C)CC2)nc(N2CCN(C(=O)Nc3cccc(F)c3C)CC2)n1. The van der Waals surface area contributed by atoms with Crippen molar-refractivity contribution in [3.8, 4) is 0 Å². The summed E-state index contributed by atoms with van der Waals surface area (Å²) in [5.41, 5.74) is 1.89. The van der Waals surface area contributed by atoms with Crippen LogP contribution >= 0.6 is 0 Å². The summed E-state index contributed by atoms with van der Waals surface area (Å²) in [5, 5.41) is 2.83. The van der Waals surface area contributed by atoms with Gasteiger partial charge in [0.05, 0.1) is 0 Å². The van der Waals surface area contributed by atoms with Crippen LogP contribution in [0.1, 0.15) is 11.3 Å². The molecule has 2 saturated heterocycles. The van der Waals surface area contributed by atoms with E-state index >= 15 is 0 Å². The molecule has 8 nitrogen and oxygen atoms in total. The van der Waals surface area contributed by atoms with Gasteiger partial charge in [-0.05, 0) is 33.0 Å². The van der Waals surface area contributed by atoms with Crippen LogP contribution in [-0.2, 0) is 0 Å². The third-order valence-electron chi connectivity index (χ3n) is 6.02.